The molecule has 0 amide bonds. The lowest BCUT2D eigenvalue weighted by Gasteiger charge is -2.21. The fraction of sp³-hybridized carbons (Fsp3) is 0.692. The molecular weight excluding hydrogens is 212 g/mol. The Kier molecular flexibility index (Phi) is 3.94. The van der Waals surface area contributed by atoms with Crippen LogP contribution in [0.4, 0.5) is 5.82 Å². The molecule has 2 unspecified atom stereocenters. The molecule has 4 nitrogen and oxygen atoms in total. The van der Waals surface area contributed by atoms with Gasteiger partial charge in [0.25, 0.3) is 0 Å². The van der Waals surface area contributed by atoms with Crippen LogP contribution in [-0.4, -0.2) is 22.1 Å². The number of anilines is 1. The van der Waals surface area contributed by atoms with Crippen molar-refractivity contribution in [2.45, 2.75) is 58.0 Å². The van der Waals surface area contributed by atoms with Gasteiger partial charge in [0, 0.05) is 23.3 Å². The predicted octanol–water partition coefficient (Wildman–Crippen LogP) is 1.89. The van der Waals surface area contributed by atoms with Gasteiger partial charge in [-0.05, 0) is 46.0 Å². The lowest BCUT2D eigenvalue weighted by molar-refractivity contribution is 0.599. The molecule has 0 fully saturated rings. The zero-order chi connectivity index (χ0) is 12.3. The molecule has 1 aliphatic rings. The summed E-state index contributed by atoms with van der Waals surface area (Å²) in [6, 6.07) is 0.575. The summed E-state index contributed by atoms with van der Waals surface area (Å²) in [4.78, 5) is 8.75. The second-order valence-electron chi connectivity index (χ2n) is 5.11. The molecule has 1 heterocycles. The van der Waals surface area contributed by atoms with Crippen LogP contribution >= 0.6 is 0 Å². The van der Waals surface area contributed by atoms with Crippen LogP contribution in [0.25, 0.3) is 0 Å². The van der Waals surface area contributed by atoms with Gasteiger partial charge in [-0.3, -0.25) is 0 Å². The minimum atomic E-state index is 0.218. The van der Waals surface area contributed by atoms with Crippen LogP contribution in [0.1, 0.15) is 44.4 Å². The average Bonchev–Trinajstić information content (AvgIpc) is 2.28. The standard InChI is InChI=1S/C13H22N4/c1-9(14)7-10(2)17-13-11-5-3-4-6-12(11)15-8-16-13/h8-10H,3-7,14H2,1-2H3,(H,15,16,17). The van der Waals surface area contributed by atoms with Crippen molar-refractivity contribution in [3.8, 4) is 0 Å². The molecule has 0 aliphatic heterocycles. The van der Waals surface area contributed by atoms with Crippen LogP contribution in [0, 0.1) is 0 Å². The number of nitrogens with one attached hydrogen (secondary N) is 1. The highest BCUT2D eigenvalue weighted by Gasteiger charge is 2.16. The van der Waals surface area contributed by atoms with Crippen molar-refractivity contribution >= 4 is 5.82 Å². The van der Waals surface area contributed by atoms with Gasteiger partial charge in [0.05, 0.1) is 0 Å². The first-order valence-electron chi connectivity index (χ1n) is 6.51. The molecule has 0 bridgehead atoms. The van der Waals surface area contributed by atoms with E-state index in [1.807, 2.05) is 6.92 Å². The summed E-state index contributed by atoms with van der Waals surface area (Å²) < 4.78 is 0. The fourth-order valence-corrected chi connectivity index (χ4v) is 2.50. The van der Waals surface area contributed by atoms with Crippen LogP contribution in [0.15, 0.2) is 6.33 Å². The molecule has 4 heteroatoms. The molecule has 0 aromatic carbocycles. The molecule has 0 saturated heterocycles. The van der Waals surface area contributed by atoms with E-state index in [0.717, 1.165) is 25.1 Å². The van der Waals surface area contributed by atoms with Gasteiger partial charge < -0.3 is 11.1 Å². The molecular formula is C13H22N4. The van der Waals surface area contributed by atoms with Crippen molar-refractivity contribution in [3.05, 3.63) is 17.6 Å². The van der Waals surface area contributed by atoms with Crippen LogP contribution < -0.4 is 11.1 Å². The number of rotatable bonds is 4. The third kappa shape index (κ3) is 3.16. The number of nitrogens with two attached hydrogens (primary N) is 1. The number of hydrogen-bond acceptors (Lipinski definition) is 4. The minimum absolute atomic E-state index is 0.218. The van der Waals surface area contributed by atoms with Crippen LogP contribution in [0.3, 0.4) is 0 Å². The minimum Gasteiger partial charge on any atom is -0.367 e. The van der Waals surface area contributed by atoms with E-state index in [9.17, 15) is 0 Å². The van der Waals surface area contributed by atoms with Crippen LogP contribution in [0.5, 0.6) is 0 Å². The lowest BCUT2D eigenvalue weighted by atomic mass is 9.96. The third-order valence-corrected chi connectivity index (χ3v) is 3.23. The van der Waals surface area contributed by atoms with Gasteiger partial charge in [0.15, 0.2) is 0 Å². The summed E-state index contributed by atoms with van der Waals surface area (Å²) in [5.74, 6) is 1.02. The van der Waals surface area contributed by atoms with Gasteiger partial charge in [-0.2, -0.15) is 0 Å². The SMILES string of the molecule is CC(N)CC(C)Nc1ncnc2c1CCCC2. The zero-order valence-electron chi connectivity index (χ0n) is 10.7. The molecule has 1 aliphatic carbocycles. The summed E-state index contributed by atoms with van der Waals surface area (Å²) in [7, 11) is 0. The Hall–Kier alpha value is -1.16. The van der Waals surface area contributed by atoms with E-state index in [2.05, 4.69) is 22.2 Å². The summed E-state index contributed by atoms with van der Waals surface area (Å²) >= 11 is 0. The van der Waals surface area contributed by atoms with Crippen molar-refractivity contribution < 1.29 is 0 Å². The van der Waals surface area contributed by atoms with Crippen LogP contribution in [-0.2, 0) is 12.8 Å². The summed E-state index contributed by atoms with van der Waals surface area (Å²) in [6.45, 7) is 4.19. The number of aryl methyl sites for hydroxylation is 1. The van der Waals surface area contributed by atoms with E-state index in [0.29, 0.717) is 6.04 Å². The Morgan fingerprint density at radius 2 is 2.06 bits per heavy atom. The molecule has 1 aromatic rings. The molecule has 0 spiro atoms. The Bertz CT molecular complexity index is 376. The fourth-order valence-electron chi connectivity index (χ4n) is 2.50. The van der Waals surface area contributed by atoms with E-state index >= 15 is 0 Å². The first kappa shape index (κ1) is 12.3. The molecule has 94 valence electrons. The lowest BCUT2D eigenvalue weighted by Crippen LogP contribution is -2.27. The quantitative estimate of drug-likeness (QED) is 0.835. The Labute approximate surface area is 103 Å². The van der Waals surface area contributed by atoms with Crippen molar-refractivity contribution in [2.75, 3.05) is 5.32 Å². The van der Waals surface area contributed by atoms with Gasteiger partial charge in [-0.1, -0.05) is 0 Å². The van der Waals surface area contributed by atoms with Gasteiger partial charge in [0.1, 0.15) is 12.1 Å². The molecule has 2 atom stereocenters. The first-order valence-corrected chi connectivity index (χ1v) is 6.51. The number of nitrogens with zero attached hydrogens (tertiary/aromatic N) is 2. The highest BCUT2D eigenvalue weighted by Crippen LogP contribution is 2.24. The maximum atomic E-state index is 5.81. The maximum Gasteiger partial charge on any atom is 0.133 e. The van der Waals surface area contributed by atoms with E-state index in [4.69, 9.17) is 5.73 Å². The van der Waals surface area contributed by atoms with E-state index in [-0.39, 0.29) is 6.04 Å². The van der Waals surface area contributed by atoms with Gasteiger partial charge in [0.2, 0.25) is 0 Å². The smallest absolute Gasteiger partial charge is 0.133 e. The van der Waals surface area contributed by atoms with Gasteiger partial charge in [-0.15, -0.1) is 0 Å². The second-order valence-corrected chi connectivity index (χ2v) is 5.11. The van der Waals surface area contributed by atoms with Gasteiger partial charge in [-0.25, -0.2) is 9.97 Å². The van der Waals surface area contributed by atoms with Crippen LogP contribution in [0.2, 0.25) is 0 Å². The van der Waals surface area contributed by atoms with Crippen molar-refractivity contribution in [3.63, 3.8) is 0 Å². The second kappa shape index (κ2) is 5.45. The topological polar surface area (TPSA) is 63.8 Å². The summed E-state index contributed by atoms with van der Waals surface area (Å²) in [6.07, 6.45) is 7.32. The molecule has 1 aromatic heterocycles. The normalized spacial score (nSPS) is 18.3. The Morgan fingerprint density at radius 3 is 2.82 bits per heavy atom. The van der Waals surface area contributed by atoms with Crippen molar-refractivity contribution in [1.82, 2.24) is 9.97 Å². The average molecular weight is 234 g/mol. The Morgan fingerprint density at radius 1 is 1.29 bits per heavy atom. The number of aromatic nitrogens is 2. The highest BCUT2D eigenvalue weighted by atomic mass is 15.0. The monoisotopic (exact) mass is 234 g/mol. The van der Waals surface area contributed by atoms with E-state index in [1.54, 1.807) is 6.33 Å². The van der Waals surface area contributed by atoms with Gasteiger partial charge >= 0.3 is 0 Å². The maximum absolute atomic E-state index is 5.81. The summed E-state index contributed by atoms with van der Waals surface area (Å²) in [5.41, 5.74) is 8.35. The predicted molar refractivity (Wildman–Crippen MR) is 70.0 cm³/mol. The molecule has 2 rings (SSSR count). The van der Waals surface area contributed by atoms with Crippen molar-refractivity contribution in [2.24, 2.45) is 5.73 Å². The third-order valence-electron chi connectivity index (χ3n) is 3.23. The highest BCUT2D eigenvalue weighted by molar-refractivity contribution is 5.47. The number of hydrogen-bond donors (Lipinski definition) is 2. The summed E-state index contributed by atoms with van der Waals surface area (Å²) in [5, 5.41) is 3.47. The molecule has 0 saturated carbocycles. The molecule has 17 heavy (non-hydrogen) atoms. The van der Waals surface area contributed by atoms with E-state index in [1.165, 1.54) is 24.1 Å². The van der Waals surface area contributed by atoms with Crippen molar-refractivity contribution in [1.29, 1.82) is 0 Å². The zero-order valence-corrected chi connectivity index (χ0v) is 10.7. The first-order chi connectivity index (χ1) is 8.16. The Balaban J connectivity index is 2.10. The largest absolute Gasteiger partial charge is 0.367 e. The molecule has 3 N–H and O–H groups in total. The molecule has 0 radical (unpaired) electrons. The number of fused-ring (bicyclic) bond motifs is 1. The van der Waals surface area contributed by atoms with E-state index < -0.39 is 0 Å².